The molecule has 1 atom stereocenters. The Morgan fingerprint density at radius 1 is 0.850 bits per heavy atom. The van der Waals surface area contributed by atoms with Crippen molar-refractivity contribution in [2.75, 3.05) is 6.54 Å². The SMILES string of the molecule is O=C(O)C1CCC(C(=O)N2CCCC2C2CCC2)CC1. The van der Waals surface area contributed by atoms with Crippen LogP contribution in [0.2, 0.25) is 0 Å². The van der Waals surface area contributed by atoms with Crippen molar-refractivity contribution >= 4 is 11.9 Å². The molecule has 1 heterocycles. The molecule has 0 aromatic rings. The largest absolute Gasteiger partial charge is 0.481 e. The number of carbonyl (C=O) groups is 2. The smallest absolute Gasteiger partial charge is 0.306 e. The van der Waals surface area contributed by atoms with Crippen molar-refractivity contribution in [1.82, 2.24) is 4.90 Å². The van der Waals surface area contributed by atoms with Crippen molar-refractivity contribution in [3.63, 3.8) is 0 Å². The number of aliphatic carboxylic acids is 1. The lowest BCUT2D eigenvalue weighted by Crippen LogP contribution is -2.45. The molecule has 112 valence electrons. The summed E-state index contributed by atoms with van der Waals surface area (Å²) in [7, 11) is 0. The van der Waals surface area contributed by atoms with Gasteiger partial charge in [0.05, 0.1) is 5.92 Å². The molecule has 0 aromatic carbocycles. The third kappa shape index (κ3) is 2.57. The fourth-order valence-electron chi connectivity index (χ4n) is 4.20. The van der Waals surface area contributed by atoms with Gasteiger partial charge in [0.2, 0.25) is 5.91 Å². The Kier molecular flexibility index (Phi) is 3.99. The van der Waals surface area contributed by atoms with Gasteiger partial charge in [-0.15, -0.1) is 0 Å². The molecule has 2 saturated carbocycles. The maximum atomic E-state index is 12.7. The maximum Gasteiger partial charge on any atom is 0.306 e. The topological polar surface area (TPSA) is 57.6 Å². The van der Waals surface area contributed by atoms with E-state index < -0.39 is 5.97 Å². The van der Waals surface area contributed by atoms with Crippen LogP contribution in [0, 0.1) is 17.8 Å². The van der Waals surface area contributed by atoms with Crippen molar-refractivity contribution in [3.8, 4) is 0 Å². The summed E-state index contributed by atoms with van der Waals surface area (Å²) in [6.07, 6.45) is 9.13. The van der Waals surface area contributed by atoms with Gasteiger partial charge in [0, 0.05) is 18.5 Å². The van der Waals surface area contributed by atoms with Crippen LogP contribution in [0.4, 0.5) is 0 Å². The number of amides is 1. The molecular weight excluding hydrogens is 254 g/mol. The van der Waals surface area contributed by atoms with E-state index in [0.717, 1.165) is 31.7 Å². The zero-order valence-corrected chi connectivity index (χ0v) is 12.1. The van der Waals surface area contributed by atoms with Crippen LogP contribution >= 0.6 is 0 Å². The van der Waals surface area contributed by atoms with Crippen LogP contribution in [0.25, 0.3) is 0 Å². The number of carboxylic acids is 1. The molecule has 1 amide bonds. The van der Waals surface area contributed by atoms with E-state index in [-0.39, 0.29) is 11.8 Å². The van der Waals surface area contributed by atoms with Crippen molar-refractivity contribution < 1.29 is 14.7 Å². The molecule has 0 spiro atoms. The van der Waals surface area contributed by atoms with E-state index >= 15 is 0 Å². The summed E-state index contributed by atoms with van der Waals surface area (Å²) in [6.45, 7) is 0.929. The van der Waals surface area contributed by atoms with Crippen LogP contribution in [0.15, 0.2) is 0 Å². The number of likely N-dealkylation sites (tertiary alicyclic amines) is 1. The fourth-order valence-corrected chi connectivity index (χ4v) is 4.20. The molecule has 0 aromatic heterocycles. The van der Waals surface area contributed by atoms with Crippen LogP contribution < -0.4 is 0 Å². The van der Waals surface area contributed by atoms with Crippen molar-refractivity contribution in [3.05, 3.63) is 0 Å². The molecule has 3 aliphatic rings. The van der Waals surface area contributed by atoms with Gasteiger partial charge in [-0.25, -0.2) is 0 Å². The molecule has 0 radical (unpaired) electrons. The summed E-state index contributed by atoms with van der Waals surface area (Å²) in [6, 6.07) is 0.494. The van der Waals surface area contributed by atoms with Crippen molar-refractivity contribution in [1.29, 1.82) is 0 Å². The Hall–Kier alpha value is -1.06. The lowest BCUT2D eigenvalue weighted by molar-refractivity contribution is -0.146. The number of rotatable bonds is 3. The zero-order chi connectivity index (χ0) is 14.1. The highest BCUT2D eigenvalue weighted by Crippen LogP contribution is 2.39. The minimum Gasteiger partial charge on any atom is -0.481 e. The Balaban J connectivity index is 1.57. The summed E-state index contributed by atoms with van der Waals surface area (Å²) >= 11 is 0. The molecular formula is C16H25NO3. The number of nitrogens with zero attached hydrogens (tertiary/aromatic N) is 1. The van der Waals surface area contributed by atoms with E-state index in [1.807, 2.05) is 0 Å². The molecule has 1 N–H and O–H groups in total. The van der Waals surface area contributed by atoms with Gasteiger partial charge in [0.1, 0.15) is 0 Å². The molecule has 20 heavy (non-hydrogen) atoms. The monoisotopic (exact) mass is 279 g/mol. The maximum absolute atomic E-state index is 12.7. The van der Waals surface area contributed by atoms with Gasteiger partial charge in [-0.2, -0.15) is 0 Å². The van der Waals surface area contributed by atoms with Crippen LogP contribution in [0.5, 0.6) is 0 Å². The molecule has 4 nitrogen and oxygen atoms in total. The minimum atomic E-state index is -0.690. The van der Waals surface area contributed by atoms with E-state index in [1.54, 1.807) is 0 Å². The van der Waals surface area contributed by atoms with Crippen molar-refractivity contribution in [2.24, 2.45) is 17.8 Å². The van der Waals surface area contributed by atoms with Gasteiger partial charge in [0.25, 0.3) is 0 Å². The van der Waals surface area contributed by atoms with Gasteiger partial charge in [-0.05, 0) is 57.3 Å². The summed E-state index contributed by atoms with van der Waals surface area (Å²) in [4.78, 5) is 25.8. The number of carbonyl (C=O) groups excluding carboxylic acids is 1. The molecule has 0 bridgehead atoms. The van der Waals surface area contributed by atoms with Crippen LogP contribution in [-0.4, -0.2) is 34.5 Å². The standard InChI is InChI=1S/C16H25NO3/c18-15(12-6-8-13(9-7-12)16(19)20)17-10-2-5-14(17)11-3-1-4-11/h11-14H,1-10H2,(H,19,20). The van der Waals surface area contributed by atoms with E-state index in [9.17, 15) is 9.59 Å². The normalized spacial score (nSPS) is 34.8. The van der Waals surface area contributed by atoms with Gasteiger partial charge in [0.15, 0.2) is 0 Å². The number of hydrogen-bond acceptors (Lipinski definition) is 2. The lowest BCUT2D eigenvalue weighted by Gasteiger charge is -2.39. The average Bonchev–Trinajstić information content (AvgIpc) is 2.85. The second kappa shape index (κ2) is 5.74. The average molecular weight is 279 g/mol. The third-order valence-electron chi connectivity index (χ3n) is 5.70. The van der Waals surface area contributed by atoms with Crippen molar-refractivity contribution in [2.45, 2.75) is 63.8 Å². The summed E-state index contributed by atoms with van der Waals surface area (Å²) < 4.78 is 0. The molecule has 1 aliphatic heterocycles. The first-order valence-corrected chi connectivity index (χ1v) is 8.20. The number of hydrogen-bond donors (Lipinski definition) is 1. The second-order valence-corrected chi connectivity index (χ2v) is 6.82. The van der Waals surface area contributed by atoms with Crippen LogP contribution in [0.3, 0.4) is 0 Å². The van der Waals surface area contributed by atoms with E-state index in [0.29, 0.717) is 24.8 Å². The highest BCUT2D eigenvalue weighted by atomic mass is 16.4. The predicted molar refractivity (Wildman–Crippen MR) is 75.2 cm³/mol. The summed E-state index contributed by atoms with van der Waals surface area (Å²) in [5, 5.41) is 9.03. The highest BCUT2D eigenvalue weighted by Gasteiger charge is 2.40. The van der Waals surface area contributed by atoms with E-state index in [1.165, 1.54) is 25.7 Å². The molecule has 2 aliphatic carbocycles. The Labute approximate surface area is 120 Å². The first-order valence-electron chi connectivity index (χ1n) is 8.20. The lowest BCUT2D eigenvalue weighted by atomic mass is 9.77. The molecule has 1 unspecified atom stereocenters. The van der Waals surface area contributed by atoms with Gasteiger partial charge < -0.3 is 10.0 Å². The van der Waals surface area contributed by atoms with Crippen LogP contribution in [-0.2, 0) is 9.59 Å². The van der Waals surface area contributed by atoms with Gasteiger partial charge >= 0.3 is 5.97 Å². The minimum absolute atomic E-state index is 0.0891. The fraction of sp³-hybridized carbons (Fsp3) is 0.875. The Morgan fingerprint density at radius 3 is 2.05 bits per heavy atom. The Bertz CT molecular complexity index is 383. The summed E-state index contributed by atoms with van der Waals surface area (Å²) in [5.74, 6) is 0.246. The van der Waals surface area contributed by atoms with E-state index in [4.69, 9.17) is 5.11 Å². The Morgan fingerprint density at radius 2 is 1.50 bits per heavy atom. The van der Waals surface area contributed by atoms with Gasteiger partial charge in [-0.3, -0.25) is 9.59 Å². The second-order valence-electron chi connectivity index (χ2n) is 6.82. The van der Waals surface area contributed by atoms with Gasteiger partial charge in [-0.1, -0.05) is 6.42 Å². The van der Waals surface area contributed by atoms with Crippen LogP contribution in [0.1, 0.15) is 57.8 Å². The zero-order valence-electron chi connectivity index (χ0n) is 12.1. The first kappa shape index (κ1) is 13.9. The first-order chi connectivity index (χ1) is 9.66. The molecule has 4 heteroatoms. The highest BCUT2D eigenvalue weighted by molar-refractivity contribution is 5.80. The summed E-state index contributed by atoms with van der Waals surface area (Å²) in [5.41, 5.74) is 0. The predicted octanol–water partition coefficient (Wildman–Crippen LogP) is 2.67. The third-order valence-corrected chi connectivity index (χ3v) is 5.70. The molecule has 3 rings (SSSR count). The number of carboxylic acid groups (broad SMARTS) is 1. The van der Waals surface area contributed by atoms with E-state index in [2.05, 4.69) is 4.90 Å². The molecule has 3 fully saturated rings. The quantitative estimate of drug-likeness (QED) is 0.864. The molecule has 1 saturated heterocycles.